The van der Waals surface area contributed by atoms with Crippen LogP contribution in [0, 0.1) is 31.0 Å². The first-order valence-electron chi connectivity index (χ1n) is 8.58. The Balaban J connectivity index is 2.16. The van der Waals surface area contributed by atoms with Gasteiger partial charge in [0.15, 0.2) is 0 Å². The summed E-state index contributed by atoms with van der Waals surface area (Å²) in [5.41, 5.74) is 4.83. The molecule has 1 aliphatic heterocycles. The molecule has 3 aromatic rings. The molecule has 4 rings (SSSR count). The molecule has 0 radical (unpaired) electrons. The Morgan fingerprint density at radius 3 is 2.81 bits per heavy atom. The molecular weight excluding hydrogens is 329 g/mol. The van der Waals surface area contributed by atoms with Crippen LogP contribution in [0.3, 0.4) is 0 Å². The Morgan fingerprint density at radius 2 is 2.08 bits per heavy atom. The number of phenolic OH excluding ortho intramolecular Hbond substituents is 1. The van der Waals surface area contributed by atoms with Crippen LogP contribution in [0.25, 0.3) is 22.0 Å². The molecule has 4 nitrogen and oxygen atoms in total. The Morgan fingerprint density at radius 1 is 1.27 bits per heavy atom. The summed E-state index contributed by atoms with van der Waals surface area (Å²) in [6.45, 7) is 5.15. The highest BCUT2D eigenvalue weighted by molar-refractivity contribution is 6.06. The van der Waals surface area contributed by atoms with E-state index in [1.807, 2.05) is 19.2 Å². The number of nitrogens with zero attached hydrogens (tertiary/aromatic N) is 3. The molecule has 26 heavy (non-hydrogen) atoms. The molecule has 2 aromatic carbocycles. The second kappa shape index (κ2) is 5.99. The maximum Gasteiger partial charge on any atom is 0.143 e. The van der Waals surface area contributed by atoms with E-state index in [0.29, 0.717) is 16.5 Å². The van der Waals surface area contributed by atoms with Gasteiger partial charge in [0.25, 0.3) is 0 Å². The second-order valence-corrected chi connectivity index (χ2v) is 6.67. The lowest BCUT2D eigenvalue weighted by Gasteiger charge is -2.13. The van der Waals surface area contributed by atoms with Gasteiger partial charge in [0.05, 0.1) is 16.8 Å². The summed E-state index contributed by atoms with van der Waals surface area (Å²) in [7, 11) is 0. The molecule has 1 aliphatic rings. The van der Waals surface area contributed by atoms with Crippen LogP contribution in [0.1, 0.15) is 28.8 Å². The number of hydrogen-bond donors (Lipinski definition) is 1. The molecule has 0 amide bonds. The number of halogens is 1. The lowest BCUT2D eigenvalue weighted by atomic mass is 9.97. The van der Waals surface area contributed by atoms with E-state index in [1.165, 1.54) is 6.07 Å². The predicted octanol–water partition coefficient (Wildman–Crippen LogP) is 4.46. The molecule has 1 aromatic heterocycles. The van der Waals surface area contributed by atoms with Gasteiger partial charge in [-0.25, -0.2) is 4.39 Å². The topological polar surface area (TPSA) is 61.3 Å². The zero-order chi connectivity index (χ0) is 18.4. The fraction of sp³-hybridized carbons (Fsp3) is 0.238. The van der Waals surface area contributed by atoms with Gasteiger partial charge in [-0.1, -0.05) is 12.1 Å². The molecule has 0 spiro atoms. The number of nitriles is 1. The highest BCUT2D eigenvalue weighted by Crippen LogP contribution is 2.41. The minimum absolute atomic E-state index is 0.0229. The molecular formula is C21H18FN3O. The van der Waals surface area contributed by atoms with E-state index in [4.69, 9.17) is 0 Å². The summed E-state index contributed by atoms with van der Waals surface area (Å²) in [6.07, 6.45) is 2.71. The smallest absolute Gasteiger partial charge is 0.143 e. The molecule has 0 saturated heterocycles. The first kappa shape index (κ1) is 16.3. The van der Waals surface area contributed by atoms with E-state index < -0.39 is 0 Å². The Labute approximate surface area is 150 Å². The number of aryl methyl sites for hydroxylation is 3. The summed E-state index contributed by atoms with van der Waals surface area (Å²) in [6, 6.07) is 8.78. The lowest BCUT2D eigenvalue weighted by Crippen LogP contribution is -2.02. The average Bonchev–Trinajstić information content (AvgIpc) is 2.79. The van der Waals surface area contributed by atoms with Crippen molar-refractivity contribution in [3.05, 3.63) is 52.5 Å². The third-order valence-electron chi connectivity index (χ3n) is 5.08. The average molecular weight is 347 g/mol. The number of phenols is 1. The van der Waals surface area contributed by atoms with E-state index in [9.17, 15) is 14.8 Å². The van der Waals surface area contributed by atoms with Crippen molar-refractivity contribution in [3.8, 4) is 22.9 Å². The maximum absolute atomic E-state index is 14.2. The molecule has 1 N–H and O–H groups in total. The van der Waals surface area contributed by atoms with E-state index >= 15 is 0 Å². The van der Waals surface area contributed by atoms with Crippen molar-refractivity contribution in [2.75, 3.05) is 6.54 Å². The van der Waals surface area contributed by atoms with E-state index in [0.717, 1.165) is 41.8 Å². The molecule has 0 fully saturated rings. The summed E-state index contributed by atoms with van der Waals surface area (Å²) in [5, 5.41) is 20.8. The van der Waals surface area contributed by atoms with Gasteiger partial charge < -0.3 is 9.67 Å². The first-order valence-corrected chi connectivity index (χ1v) is 8.58. The number of hydrogen-bond acceptors (Lipinski definition) is 3. The highest BCUT2D eigenvalue weighted by Gasteiger charge is 2.23. The Kier molecular flexibility index (Phi) is 3.77. The van der Waals surface area contributed by atoms with Crippen molar-refractivity contribution < 1.29 is 9.50 Å². The zero-order valence-corrected chi connectivity index (χ0v) is 14.7. The molecule has 5 heteroatoms. The molecule has 0 saturated carbocycles. The van der Waals surface area contributed by atoms with Crippen LogP contribution in [0.15, 0.2) is 29.3 Å². The summed E-state index contributed by atoms with van der Waals surface area (Å²) >= 11 is 0. The summed E-state index contributed by atoms with van der Waals surface area (Å²) in [5.74, 6) is -0.312. The molecule has 130 valence electrons. The van der Waals surface area contributed by atoms with Crippen LogP contribution >= 0.6 is 0 Å². The van der Waals surface area contributed by atoms with Crippen LogP contribution in [-0.4, -0.2) is 22.4 Å². The van der Waals surface area contributed by atoms with E-state index in [-0.39, 0.29) is 17.1 Å². The normalized spacial score (nSPS) is 13.5. The predicted molar refractivity (Wildman–Crippen MR) is 100 cm³/mol. The minimum atomic E-state index is -0.289. The molecule has 0 unspecified atom stereocenters. The SMILES string of the molecule is Cc1ccc(-c2cc(C#N)c(O)c3c(C)c4n(c23)CCCN=C4)cc1F. The molecule has 0 bridgehead atoms. The minimum Gasteiger partial charge on any atom is -0.506 e. The number of aliphatic imine (C=N–C) groups is 1. The Hall–Kier alpha value is -3.13. The van der Waals surface area contributed by atoms with Crippen LogP contribution in [0.4, 0.5) is 4.39 Å². The van der Waals surface area contributed by atoms with Gasteiger partial charge in [-0.05, 0) is 49.1 Å². The number of benzene rings is 2. The van der Waals surface area contributed by atoms with Crippen LogP contribution in [0.5, 0.6) is 5.75 Å². The molecule has 0 atom stereocenters. The number of rotatable bonds is 1. The van der Waals surface area contributed by atoms with Crippen LogP contribution in [0.2, 0.25) is 0 Å². The maximum atomic E-state index is 14.2. The number of fused-ring (bicyclic) bond motifs is 3. The van der Waals surface area contributed by atoms with Crippen LogP contribution in [-0.2, 0) is 6.54 Å². The van der Waals surface area contributed by atoms with Crippen molar-refractivity contribution in [3.63, 3.8) is 0 Å². The standard InChI is InChI=1S/C21H18FN3O/c1-12-4-5-14(9-17(12)22)16-8-15(10-23)21(26)19-13(2)18-11-24-6-3-7-25(18)20(16)19/h4-5,8-9,11,26H,3,6-7H2,1-2H3. The monoisotopic (exact) mass is 347 g/mol. The third kappa shape index (κ3) is 2.30. The van der Waals surface area contributed by atoms with E-state index in [2.05, 4.69) is 15.6 Å². The van der Waals surface area contributed by atoms with Gasteiger partial charge in [0.2, 0.25) is 0 Å². The van der Waals surface area contributed by atoms with E-state index in [1.54, 1.807) is 19.1 Å². The van der Waals surface area contributed by atoms with Gasteiger partial charge in [0.1, 0.15) is 17.6 Å². The molecule has 0 aliphatic carbocycles. The van der Waals surface area contributed by atoms with Gasteiger partial charge in [0, 0.05) is 30.3 Å². The number of aromatic nitrogens is 1. The summed E-state index contributed by atoms with van der Waals surface area (Å²) < 4.78 is 16.3. The second-order valence-electron chi connectivity index (χ2n) is 6.67. The fourth-order valence-corrected chi connectivity index (χ4v) is 3.68. The van der Waals surface area contributed by atoms with Crippen molar-refractivity contribution in [1.29, 1.82) is 5.26 Å². The lowest BCUT2D eigenvalue weighted by molar-refractivity contribution is 0.480. The quantitative estimate of drug-likeness (QED) is 0.706. The van der Waals surface area contributed by atoms with Crippen molar-refractivity contribution >= 4 is 17.1 Å². The van der Waals surface area contributed by atoms with Crippen molar-refractivity contribution in [2.45, 2.75) is 26.8 Å². The highest BCUT2D eigenvalue weighted by atomic mass is 19.1. The van der Waals surface area contributed by atoms with Gasteiger partial charge in [-0.2, -0.15) is 5.26 Å². The third-order valence-corrected chi connectivity index (χ3v) is 5.08. The first-order chi connectivity index (χ1) is 12.5. The van der Waals surface area contributed by atoms with Crippen LogP contribution < -0.4 is 0 Å². The fourth-order valence-electron chi connectivity index (χ4n) is 3.68. The van der Waals surface area contributed by atoms with Gasteiger partial charge in [-0.15, -0.1) is 0 Å². The summed E-state index contributed by atoms with van der Waals surface area (Å²) in [4.78, 5) is 4.42. The Bertz CT molecular complexity index is 1120. The molecule has 2 heterocycles. The van der Waals surface area contributed by atoms with Crippen molar-refractivity contribution in [2.24, 2.45) is 4.99 Å². The van der Waals surface area contributed by atoms with Gasteiger partial charge >= 0.3 is 0 Å². The number of aromatic hydroxyl groups is 1. The zero-order valence-electron chi connectivity index (χ0n) is 14.7. The largest absolute Gasteiger partial charge is 0.506 e. The van der Waals surface area contributed by atoms with Crippen molar-refractivity contribution in [1.82, 2.24) is 4.57 Å². The van der Waals surface area contributed by atoms with Gasteiger partial charge in [-0.3, -0.25) is 4.99 Å².